The Balaban J connectivity index is 2.01. The molecule has 1 aliphatic rings. The van der Waals surface area contributed by atoms with Gasteiger partial charge in [-0.05, 0) is 35.8 Å². The fraction of sp³-hybridized carbons (Fsp3) is 0.684. The summed E-state index contributed by atoms with van der Waals surface area (Å²) in [5.41, 5.74) is 3.49. The lowest BCUT2D eigenvalue weighted by atomic mass is 9.80. The lowest BCUT2D eigenvalue weighted by Gasteiger charge is -2.40. The van der Waals surface area contributed by atoms with Crippen LogP contribution in [0.2, 0.25) is 0 Å². The molecule has 118 valence electrons. The monoisotopic (exact) mass is 288 g/mol. The van der Waals surface area contributed by atoms with E-state index < -0.39 is 0 Å². The summed E-state index contributed by atoms with van der Waals surface area (Å²) in [6.45, 7) is 13.9. The van der Waals surface area contributed by atoms with Crippen molar-refractivity contribution in [3.05, 3.63) is 35.4 Å². The van der Waals surface area contributed by atoms with Crippen LogP contribution in [0.4, 0.5) is 0 Å². The number of hydrogen-bond acceptors (Lipinski definition) is 2. The van der Waals surface area contributed by atoms with Crippen LogP contribution in [0.25, 0.3) is 0 Å². The minimum Gasteiger partial charge on any atom is -0.314 e. The molecule has 0 aromatic heterocycles. The van der Waals surface area contributed by atoms with Gasteiger partial charge in [0.05, 0.1) is 0 Å². The average molecular weight is 288 g/mol. The number of rotatable bonds is 7. The van der Waals surface area contributed by atoms with Crippen LogP contribution >= 0.6 is 0 Å². The zero-order valence-corrected chi connectivity index (χ0v) is 14.3. The fourth-order valence-corrected chi connectivity index (χ4v) is 3.36. The van der Waals surface area contributed by atoms with Gasteiger partial charge in [0.1, 0.15) is 0 Å². The number of benzene rings is 1. The molecule has 0 fully saturated rings. The smallest absolute Gasteiger partial charge is 0.0236 e. The van der Waals surface area contributed by atoms with Gasteiger partial charge in [-0.3, -0.25) is 4.90 Å². The van der Waals surface area contributed by atoms with Crippen LogP contribution in [0, 0.1) is 5.41 Å². The zero-order chi connectivity index (χ0) is 15.3. The molecule has 0 aliphatic carbocycles. The molecule has 2 nitrogen and oxygen atoms in total. The summed E-state index contributed by atoms with van der Waals surface area (Å²) < 4.78 is 0. The highest BCUT2D eigenvalue weighted by Gasteiger charge is 2.30. The van der Waals surface area contributed by atoms with E-state index in [9.17, 15) is 0 Å². The van der Waals surface area contributed by atoms with Crippen LogP contribution in [0.15, 0.2) is 24.3 Å². The fourth-order valence-electron chi connectivity index (χ4n) is 3.36. The maximum atomic E-state index is 3.67. The van der Waals surface area contributed by atoms with Crippen molar-refractivity contribution in [2.45, 2.75) is 59.5 Å². The van der Waals surface area contributed by atoms with Gasteiger partial charge in [0.15, 0.2) is 0 Å². The van der Waals surface area contributed by atoms with Crippen LogP contribution in [-0.2, 0) is 13.0 Å². The van der Waals surface area contributed by atoms with Crippen LogP contribution in [0.5, 0.6) is 0 Å². The van der Waals surface area contributed by atoms with Crippen molar-refractivity contribution in [2.75, 3.05) is 19.6 Å². The first kappa shape index (κ1) is 16.5. The summed E-state index contributed by atoms with van der Waals surface area (Å²) in [7, 11) is 0. The highest BCUT2D eigenvalue weighted by atomic mass is 15.1. The van der Waals surface area contributed by atoms with Gasteiger partial charge in [0, 0.05) is 32.2 Å². The summed E-state index contributed by atoms with van der Waals surface area (Å²) >= 11 is 0. The van der Waals surface area contributed by atoms with E-state index in [-0.39, 0.29) is 0 Å². The van der Waals surface area contributed by atoms with E-state index in [1.807, 2.05) is 0 Å². The Morgan fingerprint density at radius 1 is 1.14 bits per heavy atom. The van der Waals surface area contributed by atoms with E-state index in [1.54, 1.807) is 5.56 Å². The van der Waals surface area contributed by atoms with Gasteiger partial charge < -0.3 is 5.32 Å². The molecule has 0 saturated carbocycles. The van der Waals surface area contributed by atoms with E-state index >= 15 is 0 Å². The lowest BCUT2D eigenvalue weighted by Crippen LogP contribution is -2.46. The predicted octanol–water partition coefficient (Wildman–Crippen LogP) is 3.85. The van der Waals surface area contributed by atoms with Crippen molar-refractivity contribution in [1.82, 2.24) is 10.2 Å². The van der Waals surface area contributed by atoms with Gasteiger partial charge >= 0.3 is 0 Å². The minimum absolute atomic E-state index is 0.413. The largest absolute Gasteiger partial charge is 0.314 e. The molecule has 1 aromatic rings. The van der Waals surface area contributed by atoms with Crippen molar-refractivity contribution in [2.24, 2.45) is 5.41 Å². The van der Waals surface area contributed by atoms with Gasteiger partial charge in [0.2, 0.25) is 0 Å². The number of nitrogens with one attached hydrogen (secondary N) is 1. The highest BCUT2D eigenvalue weighted by molar-refractivity contribution is 5.29. The van der Waals surface area contributed by atoms with Gasteiger partial charge in [0.25, 0.3) is 0 Å². The minimum atomic E-state index is 0.413. The maximum absolute atomic E-state index is 3.67. The average Bonchev–Trinajstić information content (AvgIpc) is 2.51. The third-order valence-corrected chi connectivity index (χ3v) is 5.15. The maximum Gasteiger partial charge on any atom is 0.0236 e. The number of fused-ring (bicyclic) bond motifs is 1. The van der Waals surface area contributed by atoms with Crippen LogP contribution in [0.3, 0.4) is 0 Å². The Bertz CT molecular complexity index is 435. The molecule has 0 amide bonds. The van der Waals surface area contributed by atoms with Gasteiger partial charge in [-0.15, -0.1) is 0 Å². The van der Waals surface area contributed by atoms with Crippen LogP contribution in [0.1, 0.15) is 51.7 Å². The lowest BCUT2D eigenvalue weighted by molar-refractivity contribution is 0.122. The van der Waals surface area contributed by atoms with Gasteiger partial charge in [-0.25, -0.2) is 0 Å². The van der Waals surface area contributed by atoms with Crippen molar-refractivity contribution in [3.63, 3.8) is 0 Å². The molecule has 2 rings (SSSR count). The quantitative estimate of drug-likeness (QED) is 0.820. The van der Waals surface area contributed by atoms with Gasteiger partial charge in [-0.2, -0.15) is 0 Å². The summed E-state index contributed by atoms with van der Waals surface area (Å²) in [4.78, 5) is 2.66. The third-order valence-electron chi connectivity index (χ3n) is 5.15. The topological polar surface area (TPSA) is 15.3 Å². The molecular weight excluding hydrogens is 256 g/mol. The van der Waals surface area contributed by atoms with Crippen LogP contribution in [-0.4, -0.2) is 30.6 Å². The molecule has 1 aromatic carbocycles. The Labute approximate surface area is 130 Å². The van der Waals surface area contributed by atoms with E-state index in [0.29, 0.717) is 11.5 Å². The molecule has 0 spiro atoms. The second-order valence-electron chi connectivity index (χ2n) is 6.97. The summed E-state index contributed by atoms with van der Waals surface area (Å²) in [6, 6.07) is 9.51. The van der Waals surface area contributed by atoms with Crippen molar-refractivity contribution in [1.29, 1.82) is 0 Å². The van der Waals surface area contributed by atoms with Crippen molar-refractivity contribution < 1.29 is 0 Å². The molecule has 1 aliphatic heterocycles. The molecule has 0 unspecified atom stereocenters. The molecule has 0 bridgehead atoms. The Morgan fingerprint density at radius 2 is 1.81 bits per heavy atom. The first-order chi connectivity index (χ1) is 10.1. The third kappa shape index (κ3) is 4.31. The first-order valence-electron chi connectivity index (χ1n) is 8.61. The number of nitrogens with zero attached hydrogens (tertiary/aromatic N) is 1. The number of hydrogen-bond donors (Lipinski definition) is 1. The van der Waals surface area contributed by atoms with Crippen molar-refractivity contribution in [3.8, 4) is 0 Å². The second-order valence-corrected chi connectivity index (χ2v) is 6.97. The Morgan fingerprint density at radius 3 is 2.43 bits per heavy atom. The zero-order valence-electron chi connectivity index (χ0n) is 14.3. The van der Waals surface area contributed by atoms with E-state index in [0.717, 1.165) is 13.1 Å². The molecule has 1 N–H and O–H groups in total. The van der Waals surface area contributed by atoms with E-state index in [4.69, 9.17) is 0 Å². The normalized spacial score (nSPS) is 16.2. The molecule has 0 radical (unpaired) electrons. The van der Waals surface area contributed by atoms with Crippen LogP contribution < -0.4 is 5.32 Å². The van der Waals surface area contributed by atoms with E-state index in [2.05, 4.69) is 62.2 Å². The highest BCUT2D eigenvalue weighted by Crippen LogP contribution is 2.29. The molecular formula is C19H32N2. The van der Waals surface area contributed by atoms with Gasteiger partial charge in [-0.1, -0.05) is 52.0 Å². The SMILES string of the molecule is CCC(CC)(CNC(C)C)CN1CCc2ccccc2C1. The summed E-state index contributed by atoms with van der Waals surface area (Å²) in [5, 5.41) is 3.67. The van der Waals surface area contributed by atoms with Crippen molar-refractivity contribution >= 4 is 0 Å². The van der Waals surface area contributed by atoms with E-state index in [1.165, 1.54) is 37.9 Å². The Hall–Kier alpha value is -0.860. The predicted molar refractivity (Wildman–Crippen MR) is 91.6 cm³/mol. The summed E-state index contributed by atoms with van der Waals surface area (Å²) in [6.07, 6.45) is 3.71. The molecule has 0 saturated heterocycles. The molecule has 1 heterocycles. The first-order valence-corrected chi connectivity index (χ1v) is 8.61. The summed E-state index contributed by atoms with van der Waals surface area (Å²) in [5.74, 6) is 0. The molecule has 21 heavy (non-hydrogen) atoms. The second kappa shape index (κ2) is 7.42. The molecule has 0 atom stereocenters. The Kier molecular flexibility index (Phi) is 5.83. The molecule has 2 heteroatoms. The standard InChI is InChI=1S/C19H32N2/c1-5-19(6-2,14-20-16(3)4)15-21-12-11-17-9-7-8-10-18(17)13-21/h7-10,16,20H,5-6,11-15H2,1-4H3.